The van der Waals surface area contributed by atoms with Crippen molar-refractivity contribution in [1.29, 1.82) is 0 Å². The monoisotopic (exact) mass is 679 g/mol. The van der Waals surface area contributed by atoms with E-state index >= 15 is 0 Å². The van der Waals surface area contributed by atoms with Gasteiger partial charge in [-0.3, -0.25) is 14.4 Å². The summed E-state index contributed by atoms with van der Waals surface area (Å²) in [5.41, 5.74) is 11.7. The number of H-pyrrole nitrogens is 1. The fraction of sp³-hybridized carbons (Fsp3) is 0.421. The molecule has 5 rings (SSSR count). The second-order valence-electron chi connectivity index (χ2n) is 13.0. The molecule has 1 atom stereocenters. The number of benzene rings is 3. The van der Waals surface area contributed by atoms with E-state index in [1.54, 1.807) is 24.3 Å². The van der Waals surface area contributed by atoms with Gasteiger partial charge in [-0.15, -0.1) is 10.2 Å². The third kappa shape index (κ3) is 9.60. The summed E-state index contributed by atoms with van der Waals surface area (Å²) in [4.78, 5) is 42.4. The number of nitrogens with zero attached hydrogens (tertiary/aromatic N) is 4. The van der Waals surface area contributed by atoms with Crippen molar-refractivity contribution in [2.45, 2.75) is 58.9 Å². The van der Waals surface area contributed by atoms with Crippen LogP contribution in [0.5, 0.6) is 0 Å². The van der Waals surface area contributed by atoms with Crippen LogP contribution in [0.15, 0.2) is 66.7 Å². The average Bonchev–Trinajstić information content (AvgIpc) is 3.69. The van der Waals surface area contributed by atoms with Gasteiger partial charge in [0.05, 0.1) is 0 Å². The quantitative estimate of drug-likeness (QED) is 0.124. The van der Waals surface area contributed by atoms with Gasteiger partial charge in [0.25, 0.3) is 5.91 Å². The maximum absolute atomic E-state index is 13.7. The Balaban J connectivity index is 1.28. The number of carbonyl (C=O) groups excluding carboxylic acids is 3. The van der Waals surface area contributed by atoms with E-state index in [-0.39, 0.29) is 23.6 Å². The number of hydrogen-bond donors (Lipinski definition) is 5. The molecule has 1 fully saturated rings. The Morgan fingerprint density at radius 3 is 2.28 bits per heavy atom. The highest BCUT2D eigenvalue weighted by atomic mass is 16.2. The van der Waals surface area contributed by atoms with Gasteiger partial charge in [0.15, 0.2) is 0 Å². The molecule has 0 unspecified atom stereocenters. The summed E-state index contributed by atoms with van der Waals surface area (Å²) in [6.45, 7) is 10.2. The standard InChI is InChI=1S/C38H49N9O3/c1-4-47(5-2)21-20-40-36(48)31-11-6-25(3)33(23-31)28-12-7-26(8-13-28)22-34(42-37(49)30-14-9-27(24-39)10-15-30)38(50)41-32-18-16-29(17-19-32)35-43-45-46-44-35/h6-8,11-13,16-19,23,27,30,34H,4-5,9-10,14-15,20-22,24,39H2,1-3H3,(H,40,48)(H,41,50)(H,42,49)(H,43,44,45,46)/t27?,30?,34-/m0/s1. The van der Waals surface area contributed by atoms with Crippen molar-refractivity contribution in [3.05, 3.63) is 83.4 Å². The lowest BCUT2D eigenvalue weighted by molar-refractivity contribution is -0.130. The van der Waals surface area contributed by atoms with Crippen LogP contribution in [0.4, 0.5) is 5.69 Å². The van der Waals surface area contributed by atoms with E-state index in [0.717, 1.165) is 73.1 Å². The van der Waals surface area contributed by atoms with Gasteiger partial charge in [-0.05, 0) is 122 Å². The molecule has 0 aliphatic heterocycles. The largest absolute Gasteiger partial charge is 0.351 e. The first-order chi connectivity index (χ1) is 24.3. The zero-order valence-corrected chi connectivity index (χ0v) is 29.2. The number of carbonyl (C=O) groups is 3. The Kier molecular flexibility index (Phi) is 12.8. The number of amides is 3. The summed E-state index contributed by atoms with van der Waals surface area (Å²) in [6, 6.07) is 20.1. The maximum Gasteiger partial charge on any atom is 0.251 e. The van der Waals surface area contributed by atoms with Gasteiger partial charge in [0, 0.05) is 42.2 Å². The molecular formula is C38H49N9O3. The third-order valence-corrected chi connectivity index (χ3v) is 9.75. The van der Waals surface area contributed by atoms with Gasteiger partial charge in [0.1, 0.15) is 6.04 Å². The van der Waals surface area contributed by atoms with Crippen LogP contribution >= 0.6 is 0 Å². The molecule has 6 N–H and O–H groups in total. The second kappa shape index (κ2) is 17.6. The number of nitrogens with two attached hydrogens (primary N) is 1. The Morgan fingerprint density at radius 2 is 1.64 bits per heavy atom. The van der Waals surface area contributed by atoms with Gasteiger partial charge in [-0.25, -0.2) is 0 Å². The zero-order valence-electron chi connectivity index (χ0n) is 29.2. The number of aromatic nitrogens is 4. The van der Waals surface area contributed by atoms with Gasteiger partial charge >= 0.3 is 0 Å². The molecule has 4 aromatic rings. The molecule has 1 aliphatic carbocycles. The number of anilines is 1. The van der Waals surface area contributed by atoms with Crippen molar-refractivity contribution in [3.63, 3.8) is 0 Å². The smallest absolute Gasteiger partial charge is 0.251 e. The molecule has 0 bridgehead atoms. The lowest BCUT2D eigenvalue weighted by Crippen LogP contribution is -2.48. The molecule has 3 amide bonds. The molecule has 12 nitrogen and oxygen atoms in total. The molecule has 1 heterocycles. The van der Waals surface area contributed by atoms with Crippen LogP contribution in [0, 0.1) is 18.8 Å². The molecule has 0 radical (unpaired) electrons. The number of rotatable bonds is 15. The van der Waals surface area contributed by atoms with Crippen LogP contribution in [-0.2, 0) is 16.0 Å². The highest BCUT2D eigenvalue weighted by Gasteiger charge is 2.29. The minimum Gasteiger partial charge on any atom is -0.351 e. The van der Waals surface area contributed by atoms with Crippen LogP contribution in [0.1, 0.15) is 61.0 Å². The van der Waals surface area contributed by atoms with E-state index in [0.29, 0.717) is 42.5 Å². The zero-order chi connectivity index (χ0) is 35.5. The highest BCUT2D eigenvalue weighted by Crippen LogP contribution is 2.29. The Bertz CT molecular complexity index is 1700. The van der Waals surface area contributed by atoms with Gasteiger partial charge in [-0.1, -0.05) is 44.2 Å². The summed E-state index contributed by atoms with van der Waals surface area (Å²) in [5.74, 6) is 0.253. The fourth-order valence-corrected chi connectivity index (χ4v) is 6.48. The summed E-state index contributed by atoms with van der Waals surface area (Å²) < 4.78 is 0. The number of nitrogens with one attached hydrogen (secondary N) is 4. The molecule has 1 aliphatic rings. The predicted octanol–water partition coefficient (Wildman–Crippen LogP) is 4.34. The van der Waals surface area contributed by atoms with Crippen molar-refractivity contribution in [2.75, 3.05) is 38.0 Å². The first-order valence-electron chi connectivity index (χ1n) is 17.6. The van der Waals surface area contributed by atoms with Gasteiger partial charge in [-0.2, -0.15) is 5.21 Å². The normalized spacial score (nSPS) is 16.5. The molecule has 1 aromatic heterocycles. The van der Waals surface area contributed by atoms with Crippen LogP contribution in [-0.4, -0.2) is 82.0 Å². The lowest BCUT2D eigenvalue weighted by Gasteiger charge is -2.28. The lowest BCUT2D eigenvalue weighted by atomic mass is 9.81. The number of aromatic amines is 1. The van der Waals surface area contributed by atoms with Crippen LogP contribution in [0.25, 0.3) is 22.5 Å². The molecule has 1 saturated carbocycles. The van der Waals surface area contributed by atoms with Crippen molar-refractivity contribution < 1.29 is 14.4 Å². The second-order valence-corrected chi connectivity index (χ2v) is 13.0. The molecule has 12 heteroatoms. The Labute approximate surface area is 294 Å². The SMILES string of the molecule is CCN(CC)CCNC(=O)c1ccc(C)c(-c2ccc(C[C@H](NC(=O)C3CCC(CN)CC3)C(=O)Nc3ccc(-c4nn[nH]n4)cc3)cc2)c1. The molecule has 0 spiro atoms. The van der Waals surface area contributed by atoms with E-state index < -0.39 is 6.04 Å². The maximum atomic E-state index is 13.7. The average molecular weight is 680 g/mol. The molecule has 264 valence electrons. The number of tetrazole rings is 1. The van der Waals surface area contributed by atoms with Crippen molar-refractivity contribution in [2.24, 2.45) is 17.6 Å². The number of aryl methyl sites for hydroxylation is 1. The Hall–Kier alpha value is -4.94. The summed E-state index contributed by atoms with van der Waals surface area (Å²) in [5, 5.41) is 23.1. The van der Waals surface area contributed by atoms with Crippen molar-refractivity contribution in [1.82, 2.24) is 36.2 Å². The number of likely N-dealkylation sites (N-methyl/N-ethyl adjacent to an activating group) is 1. The highest BCUT2D eigenvalue weighted by molar-refractivity contribution is 5.98. The number of hydrogen-bond acceptors (Lipinski definition) is 8. The minimum atomic E-state index is -0.789. The summed E-state index contributed by atoms with van der Waals surface area (Å²) in [7, 11) is 0. The fourth-order valence-electron chi connectivity index (χ4n) is 6.48. The van der Waals surface area contributed by atoms with Gasteiger partial charge < -0.3 is 26.6 Å². The van der Waals surface area contributed by atoms with Gasteiger partial charge in [0.2, 0.25) is 17.6 Å². The van der Waals surface area contributed by atoms with E-state index in [4.69, 9.17) is 5.73 Å². The topological polar surface area (TPSA) is 171 Å². The molecular weight excluding hydrogens is 630 g/mol. The first-order valence-corrected chi connectivity index (χ1v) is 17.6. The molecule has 3 aromatic carbocycles. The van der Waals surface area contributed by atoms with Crippen LogP contribution in [0.2, 0.25) is 0 Å². The predicted molar refractivity (Wildman–Crippen MR) is 195 cm³/mol. The minimum absolute atomic E-state index is 0.0967. The molecule has 50 heavy (non-hydrogen) atoms. The third-order valence-electron chi connectivity index (χ3n) is 9.75. The van der Waals surface area contributed by atoms with E-state index in [1.807, 2.05) is 49.4 Å². The van der Waals surface area contributed by atoms with Crippen LogP contribution in [0.3, 0.4) is 0 Å². The van der Waals surface area contributed by atoms with Crippen molar-refractivity contribution in [3.8, 4) is 22.5 Å². The summed E-state index contributed by atoms with van der Waals surface area (Å²) in [6.07, 6.45) is 3.67. The summed E-state index contributed by atoms with van der Waals surface area (Å²) >= 11 is 0. The van der Waals surface area contributed by atoms with Crippen LogP contribution < -0.4 is 21.7 Å². The van der Waals surface area contributed by atoms with E-state index in [9.17, 15) is 14.4 Å². The Morgan fingerprint density at radius 1 is 0.940 bits per heavy atom. The molecule has 0 saturated heterocycles. The first kappa shape index (κ1) is 36.3. The van der Waals surface area contributed by atoms with E-state index in [2.05, 4.69) is 55.3 Å². The van der Waals surface area contributed by atoms with E-state index in [1.165, 1.54) is 0 Å². The van der Waals surface area contributed by atoms with Crippen molar-refractivity contribution >= 4 is 23.4 Å².